The van der Waals surface area contributed by atoms with Crippen molar-refractivity contribution < 1.29 is 9.18 Å². The van der Waals surface area contributed by atoms with E-state index < -0.39 is 0 Å². The largest absolute Gasteiger partial charge is 0.353 e. The van der Waals surface area contributed by atoms with E-state index in [0.717, 1.165) is 31.4 Å². The standard InChI is InChI=1S/C25H32FN3O.ClH/c26-20-9-6-18(7-10-20)8-13-25(30)28-21-16-22-11-12-23(17-21)29(22)15-14-24(27)19-4-2-1-3-5-19;/h1-7,9-10,21-24H,8,11-17,27H2,(H,28,30);1H/t21?,22?,23?,24-;/m0./s1. The van der Waals surface area contributed by atoms with Crippen LogP contribution in [-0.4, -0.2) is 35.5 Å². The Hall–Kier alpha value is -1.95. The maximum atomic E-state index is 13.0. The fourth-order valence-corrected chi connectivity index (χ4v) is 5.12. The first-order valence-electron chi connectivity index (χ1n) is 11.2. The van der Waals surface area contributed by atoms with Gasteiger partial charge in [0, 0.05) is 37.1 Å². The van der Waals surface area contributed by atoms with Gasteiger partial charge in [-0.2, -0.15) is 0 Å². The summed E-state index contributed by atoms with van der Waals surface area (Å²) in [6, 6.07) is 18.2. The van der Waals surface area contributed by atoms with Crippen LogP contribution in [-0.2, 0) is 11.2 Å². The molecule has 1 amide bonds. The van der Waals surface area contributed by atoms with Crippen LogP contribution < -0.4 is 11.1 Å². The minimum absolute atomic E-state index is 0. The van der Waals surface area contributed by atoms with Crippen molar-refractivity contribution in [3.8, 4) is 0 Å². The Morgan fingerprint density at radius 2 is 1.71 bits per heavy atom. The number of hydrogen-bond acceptors (Lipinski definition) is 3. The van der Waals surface area contributed by atoms with E-state index in [2.05, 4.69) is 22.3 Å². The number of aryl methyl sites for hydroxylation is 1. The lowest BCUT2D eigenvalue weighted by Gasteiger charge is -2.39. The van der Waals surface area contributed by atoms with Crippen LogP contribution in [0.5, 0.6) is 0 Å². The Kier molecular flexibility index (Phi) is 8.47. The Labute approximate surface area is 190 Å². The maximum absolute atomic E-state index is 13.0. The molecular formula is C25H33ClFN3O. The monoisotopic (exact) mass is 445 g/mol. The van der Waals surface area contributed by atoms with E-state index in [-0.39, 0.29) is 36.2 Å². The highest BCUT2D eigenvalue weighted by Crippen LogP contribution is 2.36. The summed E-state index contributed by atoms with van der Waals surface area (Å²) < 4.78 is 13.0. The molecule has 6 heteroatoms. The summed E-state index contributed by atoms with van der Waals surface area (Å²) in [4.78, 5) is 15.1. The number of fused-ring (bicyclic) bond motifs is 2. The minimum Gasteiger partial charge on any atom is -0.353 e. The summed E-state index contributed by atoms with van der Waals surface area (Å²) in [5, 5.41) is 3.25. The normalized spacial score (nSPS) is 23.7. The number of amides is 1. The number of nitrogens with one attached hydrogen (secondary N) is 1. The molecular weight excluding hydrogens is 413 g/mol. The van der Waals surface area contributed by atoms with E-state index in [9.17, 15) is 9.18 Å². The molecule has 4 nitrogen and oxygen atoms in total. The molecule has 2 aromatic rings. The smallest absolute Gasteiger partial charge is 0.220 e. The zero-order valence-electron chi connectivity index (χ0n) is 17.9. The van der Waals surface area contributed by atoms with Crippen molar-refractivity contribution in [2.45, 2.75) is 69.1 Å². The number of nitrogens with zero attached hydrogens (tertiary/aromatic N) is 1. The maximum Gasteiger partial charge on any atom is 0.220 e. The van der Waals surface area contributed by atoms with Crippen molar-refractivity contribution in [1.82, 2.24) is 10.2 Å². The van der Waals surface area contributed by atoms with Crippen molar-refractivity contribution in [2.24, 2.45) is 5.73 Å². The van der Waals surface area contributed by atoms with Gasteiger partial charge in [0.05, 0.1) is 0 Å². The molecule has 31 heavy (non-hydrogen) atoms. The second-order valence-corrected chi connectivity index (χ2v) is 8.79. The lowest BCUT2D eigenvalue weighted by molar-refractivity contribution is -0.122. The van der Waals surface area contributed by atoms with Crippen molar-refractivity contribution in [1.29, 1.82) is 0 Å². The average molecular weight is 446 g/mol. The van der Waals surface area contributed by atoms with Crippen LogP contribution in [0.3, 0.4) is 0 Å². The van der Waals surface area contributed by atoms with E-state index in [1.807, 2.05) is 18.2 Å². The fraction of sp³-hybridized carbons (Fsp3) is 0.480. The molecule has 2 saturated heterocycles. The molecule has 2 bridgehead atoms. The summed E-state index contributed by atoms with van der Waals surface area (Å²) >= 11 is 0. The van der Waals surface area contributed by atoms with Crippen molar-refractivity contribution >= 4 is 18.3 Å². The molecule has 2 aliphatic heterocycles. The topological polar surface area (TPSA) is 58.4 Å². The number of halogens is 2. The molecule has 2 aromatic carbocycles. The van der Waals surface area contributed by atoms with Crippen LogP contribution in [0.1, 0.15) is 55.7 Å². The Balaban J connectivity index is 0.00000272. The van der Waals surface area contributed by atoms with E-state index in [1.165, 1.54) is 30.5 Å². The predicted octanol–water partition coefficient (Wildman–Crippen LogP) is 4.38. The van der Waals surface area contributed by atoms with E-state index in [4.69, 9.17) is 5.73 Å². The summed E-state index contributed by atoms with van der Waals surface area (Å²) in [7, 11) is 0. The van der Waals surface area contributed by atoms with Gasteiger partial charge in [-0.1, -0.05) is 42.5 Å². The van der Waals surface area contributed by atoms with Crippen molar-refractivity contribution in [3.63, 3.8) is 0 Å². The number of carbonyl (C=O) groups is 1. The van der Waals surface area contributed by atoms with Gasteiger partial charge in [0.25, 0.3) is 0 Å². The van der Waals surface area contributed by atoms with Gasteiger partial charge < -0.3 is 11.1 Å². The molecule has 0 aliphatic carbocycles. The zero-order chi connectivity index (χ0) is 20.9. The number of piperidine rings is 1. The third-order valence-electron chi connectivity index (χ3n) is 6.73. The first kappa shape index (κ1) is 23.7. The summed E-state index contributed by atoms with van der Waals surface area (Å²) in [6.45, 7) is 1.02. The molecule has 2 heterocycles. The van der Waals surface area contributed by atoms with Gasteiger partial charge in [-0.05, 0) is 61.8 Å². The third-order valence-corrected chi connectivity index (χ3v) is 6.73. The SMILES string of the molecule is Cl.N[C@@H](CCN1C2CCC1CC(NC(=O)CCc1ccc(F)cc1)C2)c1ccccc1. The molecule has 168 valence electrons. The Morgan fingerprint density at radius 3 is 2.35 bits per heavy atom. The van der Waals surface area contributed by atoms with Gasteiger partial charge in [-0.3, -0.25) is 9.69 Å². The number of hydrogen-bond donors (Lipinski definition) is 2. The van der Waals surface area contributed by atoms with Gasteiger partial charge in [0.15, 0.2) is 0 Å². The van der Waals surface area contributed by atoms with Crippen LogP contribution in [0.4, 0.5) is 4.39 Å². The quantitative estimate of drug-likeness (QED) is 0.633. The summed E-state index contributed by atoms with van der Waals surface area (Å²) in [5.74, 6) is -0.140. The first-order chi connectivity index (χ1) is 14.6. The molecule has 0 saturated carbocycles. The molecule has 2 aliphatic rings. The van der Waals surface area contributed by atoms with Crippen LogP contribution in [0.2, 0.25) is 0 Å². The Morgan fingerprint density at radius 1 is 1.06 bits per heavy atom. The van der Waals surface area contributed by atoms with Crippen LogP contribution in [0, 0.1) is 5.82 Å². The second-order valence-electron chi connectivity index (χ2n) is 8.79. The average Bonchev–Trinajstić information content (AvgIpc) is 3.00. The van der Waals surface area contributed by atoms with Gasteiger partial charge in [-0.15, -0.1) is 12.4 Å². The highest BCUT2D eigenvalue weighted by atomic mass is 35.5. The number of rotatable bonds is 8. The molecule has 2 fully saturated rings. The third kappa shape index (κ3) is 6.28. The second kappa shape index (κ2) is 11.1. The number of nitrogens with two attached hydrogens (primary N) is 1. The molecule has 4 rings (SSSR count). The van der Waals surface area contributed by atoms with Crippen LogP contribution >= 0.6 is 12.4 Å². The predicted molar refractivity (Wildman–Crippen MR) is 125 cm³/mol. The zero-order valence-corrected chi connectivity index (χ0v) is 18.7. The van der Waals surface area contributed by atoms with Gasteiger partial charge in [-0.25, -0.2) is 4.39 Å². The number of benzene rings is 2. The molecule has 3 atom stereocenters. The molecule has 0 spiro atoms. The summed E-state index contributed by atoms with van der Waals surface area (Å²) in [5.41, 5.74) is 8.60. The summed E-state index contributed by atoms with van der Waals surface area (Å²) in [6.07, 6.45) is 6.55. The lowest BCUT2D eigenvalue weighted by atomic mass is 9.95. The van der Waals surface area contributed by atoms with Gasteiger partial charge in [0.1, 0.15) is 5.82 Å². The molecule has 0 radical (unpaired) electrons. The Bertz CT molecular complexity index is 818. The fourth-order valence-electron chi connectivity index (χ4n) is 5.12. The molecule has 2 unspecified atom stereocenters. The van der Waals surface area contributed by atoms with Gasteiger partial charge >= 0.3 is 0 Å². The molecule has 0 aromatic heterocycles. The highest BCUT2D eigenvalue weighted by molar-refractivity contribution is 5.85. The number of carbonyl (C=O) groups excluding carboxylic acids is 1. The molecule has 3 N–H and O–H groups in total. The lowest BCUT2D eigenvalue weighted by Crippen LogP contribution is -2.50. The highest BCUT2D eigenvalue weighted by Gasteiger charge is 2.40. The van der Waals surface area contributed by atoms with E-state index in [1.54, 1.807) is 12.1 Å². The van der Waals surface area contributed by atoms with Crippen molar-refractivity contribution in [3.05, 3.63) is 71.5 Å². The van der Waals surface area contributed by atoms with E-state index in [0.29, 0.717) is 24.9 Å². The van der Waals surface area contributed by atoms with E-state index >= 15 is 0 Å². The van der Waals surface area contributed by atoms with Gasteiger partial charge in [0.2, 0.25) is 5.91 Å². The first-order valence-corrected chi connectivity index (χ1v) is 11.2. The van der Waals surface area contributed by atoms with Crippen LogP contribution in [0.15, 0.2) is 54.6 Å². The van der Waals surface area contributed by atoms with Crippen molar-refractivity contribution in [2.75, 3.05) is 6.54 Å². The minimum atomic E-state index is -0.241. The van der Waals surface area contributed by atoms with Crippen LogP contribution in [0.25, 0.3) is 0 Å².